The quantitative estimate of drug-likeness (QED) is 0.622. The molecule has 1 aliphatic rings. The zero-order valence-corrected chi connectivity index (χ0v) is 13.1. The highest BCUT2D eigenvalue weighted by Gasteiger charge is 2.35. The average molecular weight is 248 g/mol. The minimum atomic E-state index is 0.0867. The van der Waals surface area contributed by atoms with Crippen LogP contribution in [0.15, 0.2) is 35.5 Å². The lowest BCUT2D eigenvalue weighted by Crippen LogP contribution is -2.30. The van der Waals surface area contributed by atoms with E-state index in [-0.39, 0.29) is 11.3 Å². The number of carbonyl (C=O) groups is 1. The Morgan fingerprint density at radius 2 is 1.89 bits per heavy atom. The van der Waals surface area contributed by atoms with Crippen molar-refractivity contribution in [2.75, 3.05) is 0 Å². The molecular formula is C17H28O. The Balaban J connectivity index is 0.00000137. The molecule has 0 N–H and O–H groups in total. The first-order valence-electron chi connectivity index (χ1n) is 6.85. The van der Waals surface area contributed by atoms with Crippen molar-refractivity contribution >= 4 is 5.78 Å². The summed E-state index contributed by atoms with van der Waals surface area (Å²) in [6.45, 7) is 18.2. The highest BCUT2D eigenvalue weighted by atomic mass is 16.1. The van der Waals surface area contributed by atoms with Gasteiger partial charge in [-0.2, -0.15) is 0 Å². The van der Waals surface area contributed by atoms with Crippen molar-refractivity contribution in [1.29, 1.82) is 0 Å². The van der Waals surface area contributed by atoms with E-state index in [1.807, 2.05) is 40.7 Å². The number of ketones is 1. The predicted octanol–water partition coefficient (Wildman–Crippen LogP) is 5.10. The summed E-state index contributed by atoms with van der Waals surface area (Å²) in [5, 5.41) is 0. The maximum Gasteiger partial charge on any atom is 0.161 e. The summed E-state index contributed by atoms with van der Waals surface area (Å²) in [6.07, 6.45) is 4.98. The summed E-state index contributed by atoms with van der Waals surface area (Å²) in [5.41, 5.74) is 3.19. The molecule has 0 heterocycles. The van der Waals surface area contributed by atoms with Gasteiger partial charge in [0.05, 0.1) is 0 Å². The largest absolute Gasteiger partial charge is 0.294 e. The first-order valence-corrected chi connectivity index (χ1v) is 6.85. The van der Waals surface area contributed by atoms with E-state index in [9.17, 15) is 4.79 Å². The van der Waals surface area contributed by atoms with Gasteiger partial charge in [-0.25, -0.2) is 0 Å². The molecule has 1 aliphatic carbocycles. The number of allylic oxidation sites excluding steroid dienone is 5. The summed E-state index contributed by atoms with van der Waals surface area (Å²) < 4.78 is 0. The fourth-order valence-corrected chi connectivity index (χ4v) is 2.55. The zero-order valence-electron chi connectivity index (χ0n) is 13.1. The fourth-order valence-electron chi connectivity index (χ4n) is 2.55. The standard InChI is InChI=1S/C15H22O.C2H6/c1-10(2)7-8-13-12(4)14(16)11(3)9-15(13,5)6;1-2/h7-8,11H,1,9H2,2-6H3;1-2H3/b8-7+;. The SMILES string of the molecule is C=C(C)/C=C/C1=C(C)C(=O)C(C)CC1(C)C.CC. The Hall–Kier alpha value is -1.11. The van der Waals surface area contributed by atoms with E-state index in [1.165, 1.54) is 5.57 Å². The highest BCUT2D eigenvalue weighted by molar-refractivity contribution is 5.98. The Labute approximate surface area is 113 Å². The molecular weight excluding hydrogens is 220 g/mol. The van der Waals surface area contributed by atoms with Crippen LogP contribution in [0, 0.1) is 11.3 Å². The molecule has 1 rings (SSSR count). The highest BCUT2D eigenvalue weighted by Crippen LogP contribution is 2.41. The van der Waals surface area contributed by atoms with E-state index in [4.69, 9.17) is 0 Å². The third-order valence-electron chi connectivity index (χ3n) is 3.30. The lowest BCUT2D eigenvalue weighted by Gasteiger charge is -2.35. The summed E-state index contributed by atoms with van der Waals surface area (Å²) in [7, 11) is 0. The molecule has 0 amide bonds. The van der Waals surface area contributed by atoms with Crippen LogP contribution in [0.2, 0.25) is 0 Å². The number of rotatable bonds is 2. The molecule has 18 heavy (non-hydrogen) atoms. The van der Waals surface area contributed by atoms with Crippen LogP contribution >= 0.6 is 0 Å². The number of carbonyl (C=O) groups excluding carboxylic acids is 1. The summed E-state index contributed by atoms with van der Waals surface area (Å²) in [4.78, 5) is 12.0. The average Bonchev–Trinajstić information content (AvgIpc) is 2.27. The van der Waals surface area contributed by atoms with Crippen LogP contribution in [-0.2, 0) is 4.79 Å². The van der Waals surface area contributed by atoms with Gasteiger partial charge < -0.3 is 0 Å². The summed E-state index contributed by atoms with van der Waals surface area (Å²) >= 11 is 0. The van der Waals surface area contributed by atoms with Crippen molar-refractivity contribution in [3.8, 4) is 0 Å². The summed E-state index contributed by atoms with van der Waals surface area (Å²) in [6, 6.07) is 0. The fraction of sp³-hybridized carbons (Fsp3) is 0.588. The van der Waals surface area contributed by atoms with E-state index < -0.39 is 0 Å². The van der Waals surface area contributed by atoms with Gasteiger partial charge in [0, 0.05) is 5.92 Å². The molecule has 0 bridgehead atoms. The molecule has 0 saturated heterocycles. The van der Waals surface area contributed by atoms with Gasteiger partial charge in [0.1, 0.15) is 0 Å². The molecule has 1 heteroatoms. The third-order valence-corrected chi connectivity index (χ3v) is 3.30. The van der Waals surface area contributed by atoms with Crippen molar-refractivity contribution in [3.63, 3.8) is 0 Å². The lowest BCUT2D eigenvalue weighted by atomic mass is 9.68. The predicted molar refractivity (Wildman–Crippen MR) is 80.6 cm³/mol. The van der Waals surface area contributed by atoms with Crippen LogP contribution in [0.5, 0.6) is 0 Å². The van der Waals surface area contributed by atoms with Gasteiger partial charge >= 0.3 is 0 Å². The van der Waals surface area contributed by atoms with E-state index in [1.54, 1.807) is 0 Å². The zero-order chi connectivity index (χ0) is 14.5. The Bertz CT molecular complexity index is 380. The number of Topliss-reactive ketones (excluding diaryl/α,β-unsaturated/α-hetero) is 1. The van der Waals surface area contributed by atoms with E-state index in [0.717, 1.165) is 17.6 Å². The van der Waals surface area contributed by atoms with Gasteiger partial charge in [-0.05, 0) is 36.8 Å². The first kappa shape index (κ1) is 16.9. The van der Waals surface area contributed by atoms with Crippen molar-refractivity contribution in [2.24, 2.45) is 11.3 Å². The van der Waals surface area contributed by atoms with Crippen LogP contribution < -0.4 is 0 Å². The van der Waals surface area contributed by atoms with Crippen molar-refractivity contribution < 1.29 is 4.79 Å². The molecule has 0 saturated carbocycles. The molecule has 0 fully saturated rings. The van der Waals surface area contributed by atoms with E-state index >= 15 is 0 Å². The topological polar surface area (TPSA) is 17.1 Å². The second-order valence-electron chi connectivity index (χ2n) is 5.57. The van der Waals surface area contributed by atoms with Crippen molar-refractivity contribution in [1.82, 2.24) is 0 Å². The van der Waals surface area contributed by atoms with Gasteiger partial charge in [0.2, 0.25) is 0 Å². The van der Waals surface area contributed by atoms with Crippen molar-refractivity contribution in [2.45, 2.75) is 54.9 Å². The molecule has 1 atom stereocenters. The van der Waals surface area contributed by atoms with Crippen LogP contribution in [0.25, 0.3) is 0 Å². The van der Waals surface area contributed by atoms with Crippen LogP contribution in [0.3, 0.4) is 0 Å². The molecule has 0 aromatic rings. The molecule has 0 aliphatic heterocycles. The smallest absolute Gasteiger partial charge is 0.161 e. The van der Waals surface area contributed by atoms with Gasteiger partial charge in [-0.1, -0.05) is 58.9 Å². The second kappa shape index (κ2) is 6.72. The second-order valence-corrected chi connectivity index (χ2v) is 5.57. The Morgan fingerprint density at radius 1 is 1.39 bits per heavy atom. The van der Waals surface area contributed by atoms with E-state index in [0.29, 0.717) is 5.78 Å². The third kappa shape index (κ3) is 3.97. The monoisotopic (exact) mass is 248 g/mol. The number of hydrogen-bond donors (Lipinski definition) is 0. The van der Waals surface area contributed by atoms with Crippen LogP contribution in [-0.4, -0.2) is 5.78 Å². The summed E-state index contributed by atoms with van der Waals surface area (Å²) in [5.74, 6) is 0.442. The van der Waals surface area contributed by atoms with Gasteiger partial charge in [0.15, 0.2) is 5.78 Å². The molecule has 0 radical (unpaired) electrons. The molecule has 102 valence electrons. The maximum atomic E-state index is 12.0. The minimum absolute atomic E-state index is 0.0867. The Morgan fingerprint density at radius 3 is 2.33 bits per heavy atom. The minimum Gasteiger partial charge on any atom is -0.294 e. The molecule has 0 aromatic heterocycles. The van der Waals surface area contributed by atoms with Crippen LogP contribution in [0.1, 0.15) is 54.9 Å². The maximum absolute atomic E-state index is 12.0. The van der Waals surface area contributed by atoms with E-state index in [2.05, 4.69) is 26.5 Å². The first-order chi connectivity index (χ1) is 8.25. The molecule has 1 nitrogen and oxygen atoms in total. The Kier molecular flexibility index (Phi) is 6.31. The van der Waals surface area contributed by atoms with Crippen LogP contribution in [0.4, 0.5) is 0 Å². The van der Waals surface area contributed by atoms with Gasteiger partial charge in [-0.15, -0.1) is 0 Å². The molecule has 0 aromatic carbocycles. The lowest BCUT2D eigenvalue weighted by molar-refractivity contribution is -0.120. The van der Waals surface area contributed by atoms with Gasteiger partial charge in [-0.3, -0.25) is 4.79 Å². The molecule has 0 spiro atoms. The number of hydrogen-bond acceptors (Lipinski definition) is 1. The van der Waals surface area contributed by atoms with Crippen molar-refractivity contribution in [3.05, 3.63) is 35.5 Å². The molecule has 1 unspecified atom stereocenters. The normalized spacial score (nSPS) is 22.8. The van der Waals surface area contributed by atoms with Gasteiger partial charge in [0.25, 0.3) is 0 Å².